The number of oxazole rings is 1. The van der Waals surface area contributed by atoms with Crippen molar-refractivity contribution in [1.82, 2.24) is 9.55 Å². The van der Waals surface area contributed by atoms with E-state index >= 15 is 0 Å². The van der Waals surface area contributed by atoms with E-state index in [-0.39, 0.29) is 11.6 Å². The van der Waals surface area contributed by atoms with Gasteiger partial charge in [-0.25, -0.2) is 4.79 Å². The molecule has 0 amide bonds. The topological polar surface area (TPSA) is 110 Å². The molecular weight excluding hydrogens is 460 g/mol. The fourth-order valence-electron chi connectivity index (χ4n) is 4.90. The van der Waals surface area contributed by atoms with Gasteiger partial charge in [0.1, 0.15) is 11.1 Å². The summed E-state index contributed by atoms with van der Waals surface area (Å²) in [7, 11) is 0. The predicted octanol–water partition coefficient (Wildman–Crippen LogP) is 4.14. The van der Waals surface area contributed by atoms with Crippen LogP contribution in [0.2, 0.25) is 0 Å². The highest BCUT2D eigenvalue weighted by molar-refractivity contribution is 5.88. The number of carbonyl (C=O) groups is 1. The molecule has 9 heteroatoms. The maximum atomic E-state index is 12.6. The lowest BCUT2D eigenvalue weighted by Crippen LogP contribution is -2.18. The van der Waals surface area contributed by atoms with Crippen LogP contribution in [-0.4, -0.2) is 53.0 Å². The second-order valence-electron chi connectivity index (χ2n) is 9.23. The molecule has 0 aliphatic carbocycles. The van der Waals surface area contributed by atoms with Crippen LogP contribution < -0.4 is 15.6 Å². The van der Waals surface area contributed by atoms with Crippen molar-refractivity contribution in [2.75, 3.05) is 36.5 Å². The molecule has 2 aliphatic heterocycles. The molecule has 184 valence electrons. The number of rotatable bonds is 6. The van der Waals surface area contributed by atoms with E-state index in [9.17, 15) is 14.7 Å². The number of carboxylic acids is 1. The molecule has 0 spiro atoms. The van der Waals surface area contributed by atoms with E-state index in [0.717, 1.165) is 30.8 Å². The number of ether oxygens (including phenoxy) is 1. The lowest BCUT2D eigenvalue weighted by molar-refractivity contribution is 0.0695. The molecule has 2 aliphatic rings. The van der Waals surface area contributed by atoms with E-state index in [2.05, 4.69) is 15.2 Å². The maximum Gasteiger partial charge on any atom is 0.341 e. The Balaban J connectivity index is 1.40. The van der Waals surface area contributed by atoms with Gasteiger partial charge in [0.15, 0.2) is 11.0 Å². The number of fused-ring (bicyclic) bond motifs is 1. The first-order valence-electron chi connectivity index (χ1n) is 12.2. The van der Waals surface area contributed by atoms with E-state index in [1.54, 1.807) is 10.6 Å². The van der Waals surface area contributed by atoms with Crippen molar-refractivity contribution < 1.29 is 19.1 Å². The van der Waals surface area contributed by atoms with Crippen LogP contribution in [0.3, 0.4) is 0 Å². The maximum absolute atomic E-state index is 12.6. The lowest BCUT2D eigenvalue weighted by atomic mass is 10.1. The van der Waals surface area contributed by atoms with E-state index in [0.29, 0.717) is 41.7 Å². The van der Waals surface area contributed by atoms with Crippen molar-refractivity contribution in [3.8, 4) is 16.9 Å². The first kappa shape index (κ1) is 22.4. The first-order valence-corrected chi connectivity index (χ1v) is 12.2. The van der Waals surface area contributed by atoms with Crippen LogP contribution >= 0.6 is 0 Å². The molecule has 2 fully saturated rings. The molecule has 0 radical (unpaired) electrons. The highest BCUT2D eigenvalue weighted by Crippen LogP contribution is 2.29. The summed E-state index contributed by atoms with van der Waals surface area (Å²) >= 11 is 0. The van der Waals surface area contributed by atoms with Gasteiger partial charge in [0.05, 0.1) is 18.3 Å². The normalized spacial score (nSPS) is 17.7. The number of hydrogen-bond acceptors (Lipinski definition) is 7. The third-order valence-electron chi connectivity index (χ3n) is 6.82. The van der Waals surface area contributed by atoms with Crippen LogP contribution in [0, 0.1) is 0 Å². The quantitative estimate of drug-likeness (QED) is 0.418. The summed E-state index contributed by atoms with van der Waals surface area (Å²) in [5.74, 6) is -1.27. The molecule has 1 unspecified atom stereocenters. The van der Waals surface area contributed by atoms with E-state index in [1.807, 2.05) is 36.4 Å². The van der Waals surface area contributed by atoms with Crippen LogP contribution in [0.4, 0.5) is 11.7 Å². The molecule has 2 saturated heterocycles. The molecule has 2 aromatic heterocycles. The molecule has 36 heavy (non-hydrogen) atoms. The monoisotopic (exact) mass is 486 g/mol. The third-order valence-corrected chi connectivity index (χ3v) is 6.82. The van der Waals surface area contributed by atoms with Crippen LogP contribution in [0.5, 0.6) is 0 Å². The number of benzene rings is 2. The van der Waals surface area contributed by atoms with E-state index in [4.69, 9.17) is 9.15 Å². The summed E-state index contributed by atoms with van der Waals surface area (Å²) in [5, 5.41) is 12.9. The number of carboxylic acid groups (broad SMARTS) is 1. The number of anilines is 2. The number of hydrogen-bond donors (Lipinski definition) is 2. The van der Waals surface area contributed by atoms with Crippen molar-refractivity contribution >= 4 is 28.8 Å². The number of aromatic nitrogens is 2. The summed E-state index contributed by atoms with van der Waals surface area (Å²) in [6.45, 7) is 3.40. The second kappa shape index (κ2) is 9.16. The summed E-state index contributed by atoms with van der Waals surface area (Å²) in [4.78, 5) is 31.3. The smallest absolute Gasteiger partial charge is 0.341 e. The third kappa shape index (κ3) is 4.22. The van der Waals surface area contributed by atoms with Gasteiger partial charge >= 0.3 is 5.97 Å². The zero-order chi connectivity index (χ0) is 24.6. The standard InChI is InChI=1S/C27H26N4O5/c32-24-14-23(17-3-5-19(6-4-17)30-10-1-2-11-30)31(15-21(24)26(33)34)20-7-8-22-25(13-20)36-27(29-22)28-18-9-12-35-16-18/h3-8,13-15,18H,1-2,9-12,16H2,(H,28,29)(H,33,34). The number of aromatic carboxylic acids is 1. The summed E-state index contributed by atoms with van der Waals surface area (Å²) < 4.78 is 13.1. The Kier molecular flexibility index (Phi) is 5.69. The van der Waals surface area contributed by atoms with Gasteiger partial charge < -0.3 is 29.0 Å². The minimum absolute atomic E-state index is 0.157. The predicted molar refractivity (Wildman–Crippen MR) is 136 cm³/mol. The molecule has 4 heterocycles. The zero-order valence-corrected chi connectivity index (χ0v) is 19.6. The van der Waals surface area contributed by atoms with Crippen LogP contribution in [0.25, 0.3) is 28.0 Å². The Hall–Kier alpha value is -4.11. The van der Waals surface area contributed by atoms with Crippen molar-refractivity contribution in [1.29, 1.82) is 0 Å². The highest BCUT2D eigenvalue weighted by Gasteiger charge is 2.19. The number of nitrogens with one attached hydrogen (secondary N) is 1. The van der Waals surface area contributed by atoms with Crippen molar-refractivity contribution in [3.05, 3.63) is 70.5 Å². The summed E-state index contributed by atoms with van der Waals surface area (Å²) in [6.07, 6.45) is 4.64. The van der Waals surface area contributed by atoms with Gasteiger partial charge in [0, 0.05) is 49.4 Å². The first-order chi connectivity index (χ1) is 17.5. The zero-order valence-electron chi connectivity index (χ0n) is 19.6. The Labute approximate surface area is 206 Å². The van der Waals surface area contributed by atoms with E-state index < -0.39 is 11.4 Å². The molecular formula is C27H26N4O5. The summed E-state index contributed by atoms with van der Waals surface area (Å²) in [5.41, 5.74) is 3.61. The Morgan fingerprint density at radius 3 is 2.56 bits per heavy atom. The molecule has 2 N–H and O–H groups in total. The van der Waals surface area contributed by atoms with Crippen molar-refractivity contribution in [2.24, 2.45) is 0 Å². The van der Waals surface area contributed by atoms with Crippen LogP contribution in [-0.2, 0) is 4.74 Å². The Morgan fingerprint density at radius 1 is 1.06 bits per heavy atom. The highest BCUT2D eigenvalue weighted by atomic mass is 16.5. The largest absolute Gasteiger partial charge is 0.477 e. The average molecular weight is 487 g/mol. The number of pyridine rings is 1. The van der Waals surface area contributed by atoms with Crippen molar-refractivity contribution in [2.45, 2.75) is 25.3 Å². The fraction of sp³-hybridized carbons (Fsp3) is 0.296. The minimum Gasteiger partial charge on any atom is -0.477 e. The molecule has 1 atom stereocenters. The van der Waals surface area contributed by atoms with Crippen molar-refractivity contribution in [3.63, 3.8) is 0 Å². The molecule has 2 aromatic carbocycles. The molecule has 9 nitrogen and oxygen atoms in total. The molecule has 6 rings (SSSR count). The molecule has 4 aromatic rings. The van der Waals surface area contributed by atoms with E-state index in [1.165, 1.54) is 25.1 Å². The molecule has 0 bridgehead atoms. The minimum atomic E-state index is -1.27. The van der Waals surface area contributed by atoms with Gasteiger partial charge in [-0.2, -0.15) is 4.98 Å². The SMILES string of the molecule is O=C(O)c1cn(-c2ccc3nc(NC4CCOC4)oc3c2)c(-c2ccc(N3CCCC3)cc2)cc1=O. The number of nitrogens with zero attached hydrogens (tertiary/aromatic N) is 3. The van der Waals surface area contributed by atoms with Gasteiger partial charge in [-0.3, -0.25) is 4.79 Å². The van der Waals surface area contributed by atoms with Gasteiger partial charge in [-0.15, -0.1) is 0 Å². The second-order valence-corrected chi connectivity index (χ2v) is 9.23. The fourth-order valence-corrected chi connectivity index (χ4v) is 4.90. The van der Waals surface area contributed by atoms with Gasteiger partial charge in [0.2, 0.25) is 0 Å². The Morgan fingerprint density at radius 2 is 1.83 bits per heavy atom. The summed E-state index contributed by atoms with van der Waals surface area (Å²) in [6, 6.07) is 15.5. The van der Waals surface area contributed by atoms with Crippen LogP contribution in [0.1, 0.15) is 29.6 Å². The van der Waals surface area contributed by atoms with Gasteiger partial charge in [-0.05, 0) is 49.1 Å². The average Bonchev–Trinajstić information content (AvgIpc) is 3.66. The lowest BCUT2D eigenvalue weighted by Gasteiger charge is -2.19. The van der Waals surface area contributed by atoms with Gasteiger partial charge in [-0.1, -0.05) is 12.1 Å². The van der Waals surface area contributed by atoms with Crippen LogP contribution in [0.15, 0.2) is 63.9 Å². The van der Waals surface area contributed by atoms with Gasteiger partial charge in [0.25, 0.3) is 6.01 Å². The molecule has 0 saturated carbocycles. The Bertz CT molecular complexity index is 1480.